The number of halogens is 1. The van der Waals surface area contributed by atoms with Crippen LogP contribution < -0.4 is 0 Å². The molecule has 0 atom stereocenters. The lowest BCUT2D eigenvalue weighted by Gasteiger charge is -2.02. The fourth-order valence-electron chi connectivity index (χ4n) is 1.87. The molecule has 19 heavy (non-hydrogen) atoms. The Bertz CT molecular complexity index is 691. The van der Waals surface area contributed by atoms with Crippen LogP contribution in [0.1, 0.15) is 12.7 Å². The van der Waals surface area contributed by atoms with Gasteiger partial charge < -0.3 is 4.98 Å². The number of aromatic amines is 1. The smallest absolute Gasteiger partial charge is 0.130 e. The van der Waals surface area contributed by atoms with Crippen molar-refractivity contribution < 1.29 is 0 Å². The molecule has 0 aliphatic carbocycles. The van der Waals surface area contributed by atoms with E-state index < -0.39 is 0 Å². The molecule has 2 aromatic heterocycles. The summed E-state index contributed by atoms with van der Waals surface area (Å²) in [5.74, 6) is 0.855. The van der Waals surface area contributed by atoms with Gasteiger partial charge in [0, 0.05) is 23.4 Å². The van der Waals surface area contributed by atoms with Gasteiger partial charge >= 0.3 is 0 Å². The van der Waals surface area contributed by atoms with E-state index in [1.165, 1.54) is 5.39 Å². The minimum Gasteiger partial charge on any atom is -0.349 e. The van der Waals surface area contributed by atoms with Crippen LogP contribution >= 0.6 is 27.7 Å². The Morgan fingerprint density at radius 3 is 2.84 bits per heavy atom. The summed E-state index contributed by atoms with van der Waals surface area (Å²) in [5.41, 5.74) is 1.15. The Hall–Kier alpha value is -1.33. The van der Waals surface area contributed by atoms with Crippen LogP contribution in [0.3, 0.4) is 0 Å². The molecule has 0 aliphatic heterocycles. The monoisotopic (exact) mass is 333 g/mol. The van der Waals surface area contributed by atoms with Crippen molar-refractivity contribution >= 4 is 38.6 Å². The van der Waals surface area contributed by atoms with E-state index in [4.69, 9.17) is 0 Å². The normalized spacial score (nSPS) is 11.1. The molecule has 3 rings (SSSR count). The second kappa shape index (κ2) is 5.35. The third kappa shape index (κ3) is 2.82. The first-order chi connectivity index (χ1) is 9.24. The number of H-pyrrole nitrogens is 1. The van der Waals surface area contributed by atoms with Gasteiger partial charge in [0.15, 0.2) is 0 Å². The van der Waals surface area contributed by atoms with E-state index in [0.29, 0.717) is 0 Å². The molecule has 0 aliphatic rings. The SMILES string of the molecule is CCc1nc(Br)cc(Sc2cc3ccccc3[nH]2)n1. The van der Waals surface area contributed by atoms with E-state index in [1.807, 2.05) is 18.2 Å². The summed E-state index contributed by atoms with van der Waals surface area (Å²) in [7, 11) is 0. The average Bonchev–Trinajstić information content (AvgIpc) is 2.80. The standard InChI is InChI=1S/C14H12BrN3S/c1-2-12-17-11(15)8-14(18-12)19-13-7-9-5-3-4-6-10(9)16-13/h3-8,16H,2H2,1H3. The Morgan fingerprint density at radius 2 is 2.05 bits per heavy atom. The van der Waals surface area contributed by atoms with Gasteiger partial charge in [-0.3, -0.25) is 0 Å². The van der Waals surface area contributed by atoms with Crippen LogP contribution in [0.4, 0.5) is 0 Å². The Morgan fingerprint density at radius 1 is 1.21 bits per heavy atom. The largest absolute Gasteiger partial charge is 0.349 e. The van der Waals surface area contributed by atoms with Crippen molar-refractivity contribution in [2.75, 3.05) is 0 Å². The van der Waals surface area contributed by atoms with Crippen LogP contribution in [-0.2, 0) is 6.42 Å². The Balaban J connectivity index is 1.94. The third-order valence-electron chi connectivity index (χ3n) is 2.75. The van der Waals surface area contributed by atoms with Gasteiger partial charge in [-0.15, -0.1) is 0 Å². The van der Waals surface area contributed by atoms with E-state index in [-0.39, 0.29) is 0 Å². The van der Waals surface area contributed by atoms with Crippen LogP contribution in [0.2, 0.25) is 0 Å². The van der Waals surface area contributed by atoms with Crippen LogP contribution in [-0.4, -0.2) is 15.0 Å². The predicted molar refractivity (Wildman–Crippen MR) is 81.5 cm³/mol. The van der Waals surface area contributed by atoms with E-state index in [1.54, 1.807) is 11.8 Å². The predicted octanol–water partition coefficient (Wildman–Crippen LogP) is 4.43. The maximum absolute atomic E-state index is 4.52. The summed E-state index contributed by atoms with van der Waals surface area (Å²) in [6.45, 7) is 2.05. The van der Waals surface area contributed by atoms with Gasteiger partial charge in [0.05, 0.1) is 5.03 Å². The molecule has 0 radical (unpaired) electrons. The minimum atomic E-state index is 0.831. The lowest BCUT2D eigenvalue weighted by atomic mass is 10.3. The van der Waals surface area contributed by atoms with Gasteiger partial charge in [-0.25, -0.2) is 9.97 Å². The molecule has 5 heteroatoms. The van der Waals surface area contributed by atoms with Crippen molar-refractivity contribution in [1.29, 1.82) is 0 Å². The van der Waals surface area contributed by atoms with Crippen LogP contribution in [0, 0.1) is 0 Å². The number of fused-ring (bicyclic) bond motifs is 1. The van der Waals surface area contributed by atoms with Crippen molar-refractivity contribution in [3.05, 3.63) is 46.8 Å². The summed E-state index contributed by atoms with van der Waals surface area (Å²) in [6, 6.07) is 12.3. The molecule has 0 fully saturated rings. The first kappa shape index (κ1) is 12.7. The van der Waals surface area contributed by atoms with Crippen LogP contribution in [0.25, 0.3) is 10.9 Å². The van der Waals surface area contributed by atoms with Crippen LogP contribution in [0.5, 0.6) is 0 Å². The van der Waals surface area contributed by atoms with Crippen molar-refractivity contribution in [3.63, 3.8) is 0 Å². The van der Waals surface area contributed by atoms with Crippen molar-refractivity contribution in [2.24, 2.45) is 0 Å². The van der Waals surface area contributed by atoms with E-state index in [2.05, 4.69) is 56.0 Å². The summed E-state index contributed by atoms with van der Waals surface area (Å²) in [6.07, 6.45) is 0.833. The molecule has 3 aromatic rings. The fourth-order valence-corrected chi connectivity index (χ4v) is 3.33. The van der Waals surface area contributed by atoms with E-state index in [9.17, 15) is 0 Å². The summed E-state index contributed by atoms with van der Waals surface area (Å²) < 4.78 is 0.831. The van der Waals surface area contributed by atoms with Gasteiger partial charge in [0.2, 0.25) is 0 Å². The molecule has 0 spiro atoms. The molecule has 3 nitrogen and oxygen atoms in total. The molecule has 0 saturated carbocycles. The maximum Gasteiger partial charge on any atom is 0.130 e. The van der Waals surface area contributed by atoms with Crippen molar-refractivity contribution in [1.82, 2.24) is 15.0 Å². The van der Waals surface area contributed by atoms with Crippen LogP contribution in [0.15, 0.2) is 51.1 Å². The number of nitrogens with one attached hydrogen (secondary N) is 1. The number of nitrogens with zero attached hydrogens (tertiary/aromatic N) is 2. The second-order valence-corrected chi connectivity index (χ2v) is 6.00. The average molecular weight is 334 g/mol. The molecular weight excluding hydrogens is 322 g/mol. The minimum absolute atomic E-state index is 0.831. The first-order valence-electron chi connectivity index (χ1n) is 6.03. The highest BCUT2D eigenvalue weighted by Crippen LogP contribution is 2.29. The summed E-state index contributed by atoms with van der Waals surface area (Å²) >= 11 is 5.05. The number of hydrogen-bond acceptors (Lipinski definition) is 3. The molecule has 0 unspecified atom stereocenters. The molecule has 0 amide bonds. The summed E-state index contributed by atoms with van der Waals surface area (Å²) in [4.78, 5) is 12.2. The molecule has 0 bridgehead atoms. The van der Waals surface area contributed by atoms with Crippen molar-refractivity contribution in [2.45, 2.75) is 23.4 Å². The Labute approximate surface area is 124 Å². The zero-order chi connectivity index (χ0) is 13.2. The highest BCUT2D eigenvalue weighted by atomic mass is 79.9. The number of para-hydroxylation sites is 1. The number of aromatic nitrogens is 3. The number of rotatable bonds is 3. The third-order valence-corrected chi connectivity index (χ3v) is 4.02. The molecule has 0 saturated heterocycles. The van der Waals surface area contributed by atoms with E-state index in [0.717, 1.165) is 32.4 Å². The van der Waals surface area contributed by atoms with Gasteiger partial charge in [0.25, 0.3) is 0 Å². The van der Waals surface area contributed by atoms with Crippen molar-refractivity contribution in [3.8, 4) is 0 Å². The zero-order valence-electron chi connectivity index (χ0n) is 10.4. The Kier molecular flexibility index (Phi) is 3.57. The highest BCUT2D eigenvalue weighted by molar-refractivity contribution is 9.10. The molecule has 1 N–H and O–H groups in total. The lowest BCUT2D eigenvalue weighted by Crippen LogP contribution is -1.94. The quantitative estimate of drug-likeness (QED) is 0.720. The van der Waals surface area contributed by atoms with Gasteiger partial charge in [-0.05, 0) is 28.1 Å². The number of benzene rings is 1. The molecule has 1 aromatic carbocycles. The van der Waals surface area contributed by atoms with Gasteiger partial charge in [0.1, 0.15) is 15.5 Å². The number of aryl methyl sites for hydroxylation is 1. The topological polar surface area (TPSA) is 41.6 Å². The first-order valence-corrected chi connectivity index (χ1v) is 7.64. The summed E-state index contributed by atoms with van der Waals surface area (Å²) in [5, 5.41) is 3.26. The second-order valence-electron chi connectivity index (χ2n) is 4.12. The van der Waals surface area contributed by atoms with E-state index >= 15 is 0 Å². The zero-order valence-corrected chi connectivity index (χ0v) is 12.8. The highest BCUT2D eigenvalue weighted by Gasteiger charge is 2.06. The molecular formula is C14H12BrN3S. The lowest BCUT2D eigenvalue weighted by molar-refractivity contribution is 0.876. The fraction of sp³-hybridized carbons (Fsp3) is 0.143. The molecule has 96 valence electrons. The van der Waals surface area contributed by atoms with Gasteiger partial charge in [-0.2, -0.15) is 0 Å². The molecule has 2 heterocycles. The maximum atomic E-state index is 4.52. The number of hydrogen-bond donors (Lipinski definition) is 1. The van der Waals surface area contributed by atoms with Gasteiger partial charge in [-0.1, -0.05) is 36.9 Å².